The monoisotopic (exact) mass is 322 g/mol. The molecular formula is C19H22N4O. The summed E-state index contributed by atoms with van der Waals surface area (Å²) in [6.45, 7) is 6.00. The molecule has 0 unspecified atom stereocenters. The molecular weight excluding hydrogens is 300 g/mol. The van der Waals surface area contributed by atoms with Gasteiger partial charge in [-0.25, -0.2) is 9.97 Å². The number of carbonyl (C=O) groups excluding carboxylic acids is 1. The Hall–Kier alpha value is -2.43. The fourth-order valence-electron chi connectivity index (χ4n) is 3.61. The minimum absolute atomic E-state index is 0.160. The van der Waals surface area contributed by atoms with Crippen molar-refractivity contribution in [3.63, 3.8) is 0 Å². The van der Waals surface area contributed by atoms with Gasteiger partial charge in [0.25, 0.3) is 0 Å². The maximum absolute atomic E-state index is 12.9. The molecule has 2 aromatic rings. The third-order valence-electron chi connectivity index (χ3n) is 5.18. The molecule has 24 heavy (non-hydrogen) atoms. The van der Waals surface area contributed by atoms with Crippen LogP contribution in [-0.2, 0) is 10.2 Å². The lowest BCUT2D eigenvalue weighted by Gasteiger charge is -2.41. The highest BCUT2D eigenvalue weighted by Gasteiger charge is 2.50. The second-order valence-electron chi connectivity index (χ2n) is 7.36. The van der Waals surface area contributed by atoms with Gasteiger partial charge in [-0.05, 0) is 51.3 Å². The fraction of sp³-hybridized carbons (Fsp3) is 0.421. The lowest BCUT2D eigenvalue weighted by atomic mass is 9.84. The van der Waals surface area contributed by atoms with E-state index < -0.39 is 5.41 Å². The number of hydrogen-bond donors (Lipinski definition) is 1. The molecule has 0 atom stereocenters. The normalized spacial score (nSPS) is 24.5. The van der Waals surface area contributed by atoms with E-state index in [4.69, 9.17) is 0 Å². The zero-order valence-corrected chi connectivity index (χ0v) is 14.3. The number of pyridine rings is 2. The van der Waals surface area contributed by atoms with E-state index in [0.717, 1.165) is 35.6 Å². The molecule has 0 spiro atoms. The maximum Gasteiger partial charge on any atom is 0.238 e. The van der Waals surface area contributed by atoms with Gasteiger partial charge in [0.05, 0.1) is 5.41 Å². The van der Waals surface area contributed by atoms with Crippen LogP contribution >= 0.6 is 0 Å². The molecule has 2 aliphatic rings. The number of nitrogens with one attached hydrogen (secondary N) is 1. The molecule has 1 N–H and O–H groups in total. The number of carbonyl (C=O) groups is 1. The lowest BCUT2D eigenvalue weighted by Crippen LogP contribution is -2.53. The molecule has 3 heterocycles. The molecule has 0 aromatic carbocycles. The van der Waals surface area contributed by atoms with Crippen LogP contribution in [0.1, 0.15) is 37.8 Å². The van der Waals surface area contributed by atoms with Crippen molar-refractivity contribution >= 4 is 17.5 Å². The van der Waals surface area contributed by atoms with E-state index in [-0.39, 0.29) is 11.9 Å². The van der Waals surface area contributed by atoms with Crippen molar-refractivity contribution < 1.29 is 4.79 Å². The molecule has 0 saturated heterocycles. The molecule has 2 aromatic heterocycles. The van der Waals surface area contributed by atoms with E-state index in [1.165, 1.54) is 0 Å². The summed E-state index contributed by atoms with van der Waals surface area (Å²) in [5, 5.41) is 3.45. The van der Waals surface area contributed by atoms with Gasteiger partial charge in [-0.1, -0.05) is 12.1 Å². The zero-order chi connectivity index (χ0) is 16.9. The Morgan fingerprint density at radius 3 is 2.71 bits per heavy atom. The molecule has 1 amide bonds. The van der Waals surface area contributed by atoms with E-state index in [2.05, 4.69) is 21.4 Å². The number of aryl methyl sites for hydroxylation is 1. The molecule has 1 aliphatic carbocycles. The van der Waals surface area contributed by atoms with Crippen LogP contribution in [0.3, 0.4) is 0 Å². The second kappa shape index (κ2) is 5.30. The zero-order valence-electron chi connectivity index (χ0n) is 14.3. The minimum atomic E-state index is -0.485. The van der Waals surface area contributed by atoms with Crippen LogP contribution in [0.5, 0.6) is 0 Å². The third-order valence-corrected chi connectivity index (χ3v) is 5.18. The van der Waals surface area contributed by atoms with Crippen molar-refractivity contribution in [1.29, 1.82) is 0 Å². The minimum Gasteiger partial charge on any atom is -0.367 e. The first-order chi connectivity index (χ1) is 11.5. The van der Waals surface area contributed by atoms with Crippen LogP contribution in [-0.4, -0.2) is 28.0 Å². The highest BCUT2D eigenvalue weighted by atomic mass is 16.2. The Balaban J connectivity index is 1.47. The smallest absolute Gasteiger partial charge is 0.238 e. The van der Waals surface area contributed by atoms with Crippen molar-refractivity contribution in [1.82, 2.24) is 9.97 Å². The summed E-state index contributed by atoms with van der Waals surface area (Å²) in [5.41, 5.74) is 1.70. The molecule has 5 nitrogen and oxygen atoms in total. The van der Waals surface area contributed by atoms with Gasteiger partial charge >= 0.3 is 0 Å². The first kappa shape index (κ1) is 15.1. The Morgan fingerprint density at radius 2 is 2.00 bits per heavy atom. The Bertz CT molecular complexity index is 778. The second-order valence-corrected chi connectivity index (χ2v) is 7.36. The van der Waals surface area contributed by atoms with E-state index in [1.54, 1.807) is 6.20 Å². The van der Waals surface area contributed by atoms with Crippen molar-refractivity contribution in [3.8, 4) is 0 Å². The number of anilines is 2. The molecule has 1 aliphatic heterocycles. The first-order valence-corrected chi connectivity index (χ1v) is 8.45. The van der Waals surface area contributed by atoms with Gasteiger partial charge in [0.2, 0.25) is 5.91 Å². The van der Waals surface area contributed by atoms with Crippen LogP contribution in [0.15, 0.2) is 36.7 Å². The van der Waals surface area contributed by atoms with E-state index >= 15 is 0 Å². The maximum atomic E-state index is 12.9. The number of aromatic nitrogens is 2. The van der Waals surface area contributed by atoms with E-state index in [0.29, 0.717) is 6.04 Å². The highest BCUT2D eigenvalue weighted by Crippen LogP contribution is 2.44. The first-order valence-electron chi connectivity index (χ1n) is 8.45. The number of fused-ring (bicyclic) bond motifs is 1. The fourth-order valence-corrected chi connectivity index (χ4v) is 3.61. The van der Waals surface area contributed by atoms with Gasteiger partial charge in [0, 0.05) is 30.0 Å². The average Bonchev–Trinajstić information content (AvgIpc) is 2.73. The van der Waals surface area contributed by atoms with Gasteiger partial charge in [0.1, 0.15) is 11.6 Å². The Labute approximate surface area is 142 Å². The molecule has 4 rings (SSSR count). The molecule has 124 valence electrons. The average molecular weight is 322 g/mol. The summed E-state index contributed by atoms with van der Waals surface area (Å²) < 4.78 is 0. The lowest BCUT2D eigenvalue weighted by molar-refractivity contribution is -0.122. The summed E-state index contributed by atoms with van der Waals surface area (Å²) >= 11 is 0. The topological polar surface area (TPSA) is 58.1 Å². The van der Waals surface area contributed by atoms with Crippen molar-refractivity contribution in [3.05, 3.63) is 47.8 Å². The van der Waals surface area contributed by atoms with Crippen molar-refractivity contribution in [2.45, 2.75) is 51.1 Å². The van der Waals surface area contributed by atoms with Crippen LogP contribution in [0.25, 0.3) is 0 Å². The van der Waals surface area contributed by atoms with Crippen LogP contribution in [0.4, 0.5) is 11.6 Å². The molecule has 5 heteroatoms. The summed E-state index contributed by atoms with van der Waals surface area (Å²) in [5.74, 6) is 1.90. The number of nitrogens with zero attached hydrogens (tertiary/aromatic N) is 3. The van der Waals surface area contributed by atoms with Gasteiger partial charge in [-0.15, -0.1) is 0 Å². The molecule has 0 bridgehead atoms. The van der Waals surface area contributed by atoms with Gasteiger partial charge in [-0.2, -0.15) is 0 Å². The third kappa shape index (κ3) is 2.27. The molecule has 1 fully saturated rings. The van der Waals surface area contributed by atoms with Crippen LogP contribution < -0.4 is 10.2 Å². The number of rotatable bonds is 3. The SMILES string of the molecule is Cc1ccc(NC2CC(N3C(=O)C(C)(C)c4cccnc43)C2)nc1. The van der Waals surface area contributed by atoms with Gasteiger partial charge in [-0.3, -0.25) is 9.69 Å². The standard InChI is InChI=1S/C19H22N4O/c1-12-6-7-16(21-11-12)22-13-9-14(10-13)23-17-15(5-4-8-20-17)19(2,3)18(23)24/h4-8,11,13-14H,9-10H2,1-3H3,(H,21,22). The Morgan fingerprint density at radius 1 is 1.21 bits per heavy atom. The van der Waals surface area contributed by atoms with Crippen molar-refractivity contribution in [2.75, 3.05) is 10.2 Å². The quantitative estimate of drug-likeness (QED) is 0.943. The summed E-state index contributed by atoms with van der Waals surface area (Å²) in [6.07, 6.45) is 5.48. The largest absolute Gasteiger partial charge is 0.367 e. The van der Waals surface area contributed by atoms with E-state index in [9.17, 15) is 4.79 Å². The van der Waals surface area contributed by atoms with E-state index in [1.807, 2.05) is 50.1 Å². The Kier molecular flexibility index (Phi) is 3.34. The summed E-state index contributed by atoms with van der Waals surface area (Å²) in [7, 11) is 0. The predicted molar refractivity (Wildman–Crippen MR) is 94.2 cm³/mol. The summed E-state index contributed by atoms with van der Waals surface area (Å²) in [4.78, 5) is 23.7. The molecule has 1 saturated carbocycles. The van der Waals surface area contributed by atoms with Crippen LogP contribution in [0.2, 0.25) is 0 Å². The number of hydrogen-bond acceptors (Lipinski definition) is 4. The van der Waals surface area contributed by atoms with Gasteiger partial charge < -0.3 is 5.32 Å². The molecule has 0 radical (unpaired) electrons. The highest BCUT2D eigenvalue weighted by molar-refractivity contribution is 6.07. The number of amides is 1. The predicted octanol–water partition coefficient (Wildman–Crippen LogP) is 3.05. The van der Waals surface area contributed by atoms with Gasteiger partial charge in [0.15, 0.2) is 0 Å². The van der Waals surface area contributed by atoms with Crippen LogP contribution in [0, 0.1) is 6.92 Å². The van der Waals surface area contributed by atoms with Crippen molar-refractivity contribution in [2.24, 2.45) is 0 Å². The summed E-state index contributed by atoms with van der Waals surface area (Å²) in [6, 6.07) is 8.56.